The predicted octanol–water partition coefficient (Wildman–Crippen LogP) is 2.77. The molecule has 0 spiro atoms. The smallest absolute Gasteiger partial charge is 0.225 e. The van der Waals surface area contributed by atoms with Crippen molar-refractivity contribution in [3.8, 4) is 0 Å². The summed E-state index contributed by atoms with van der Waals surface area (Å²) >= 11 is 0. The predicted molar refractivity (Wildman–Crippen MR) is 97.1 cm³/mol. The number of nitrogens with zero attached hydrogens (tertiary/aromatic N) is 2. The molecule has 6 nitrogen and oxygen atoms in total. The van der Waals surface area contributed by atoms with Crippen molar-refractivity contribution in [3.63, 3.8) is 0 Å². The van der Waals surface area contributed by atoms with E-state index in [4.69, 9.17) is 4.52 Å². The van der Waals surface area contributed by atoms with E-state index in [0.29, 0.717) is 25.3 Å². The van der Waals surface area contributed by atoms with Crippen molar-refractivity contribution < 1.29 is 14.1 Å². The van der Waals surface area contributed by atoms with Gasteiger partial charge in [-0.3, -0.25) is 9.59 Å². The maximum Gasteiger partial charge on any atom is 0.225 e. The average molecular weight is 355 g/mol. The average Bonchev–Trinajstić information content (AvgIpc) is 3.22. The number of amides is 2. The zero-order valence-corrected chi connectivity index (χ0v) is 15.5. The molecule has 0 saturated carbocycles. The van der Waals surface area contributed by atoms with Crippen LogP contribution in [0.3, 0.4) is 0 Å². The van der Waals surface area contributed by atoms with Crippen LogP contribution < -0.4 is 5.32 Å². The van der Waals surface area contributed by atoms with Crippen molar-refractivity contribution in [1.82, 2.24) is 15.4 Å². The zero-order valence-electron chi connectivity index (χ0n) is 15.5. The lowest BCUT2D eigenvalue weighted by Crippen LogP contribution is -2.32. The van der Waals surface area contributed by atoms with E-state index < -0.39 is 0 Å². The standard InChI is InChI=1S/C20H25N3O3/c1-13(2)18-9-17(22-26-18)10-21-20(25)16-8-19(24)23(12-16)11-15-6-4-14(3)5-7-15/h4-7,9,13,16H,8,10-12H2,1-3H3,(H,21,25)/t16-/m1/s1. The molecule has 1 fully saturated rings. The van der Waals surface area contributed by atoms with Crippen molar-refractivity contribution in [3.05, 3.63) is 52.9 Å². The van der Waals surface area contributed by atoms with Gasteiger partial charge in [0.2, 0.25) is 11.8 Å². The summed E-state index contributed by atoms with van der Waals surface area (Å²) in [6.45, 7) is 7.39. The SMILES string of the molecule is Cc1ccc(CN2C[C@H](C(=O)NCc3cc(C(C)C)on3)CC2=O)cc1. The van der Waals surface area contributed by atoms with Gasteiger partial charge in [0.15, 0.2) is 0 Å². The first-order valence-electron chi connectivity index (χ1n) is 8.99. The molecule has 1 N–H and O–H groups in total. The minimum Gasteiger partial charge on any atom is -0.361 e. The van der Waals surface area contributed by atoms with Crippen LogP contribution in [0.15, 0.2) is 34.9 Å². The number of carbonyl (C=O) groups excluding carboxylic acids is 2. The molecule has 1 aliphatic heterocycles. The fraction of sp³-hybridized carbons (Fsp3) is 0.450. The second kappa shape index (κ2) is 7.72. The molecule has 0 aliphatic carbocycles. The molecule has 1 atom stereocenters. The van der Waals surface area contributed by atoms with Crippen LogP contribution in [-0.4, -0.2) is 28.4 Å². The first-order valence-corrected chi connectivity index (χ1v) is 8.99. The van der Waals surface area contributed by atoms with Gasteiger partial charge in [0.25, 0.3) is 0 Å². The summed E-state index contributed by atoms with van der Waals surface area (Å²) in [7, 11) is 0. The Labute approximate surface area is 153 Å². The Morgan fingerprint density at radius 2 is 2.08 bits per heavy atom. The molecule has 6 heteroatoms. The highest BCUT2D eigenvalue weighted by Crippen LogP contribution is 2.21. The molecule has 1 saturated heterocycles. The van der Waals surface area contributed by atoms with E-state index >= 15 is 0 Å². The van der Waals surface area contributed by atoms with Crippen molar-refractivity contribution in [2.45, 2.75) is 46.2 Å². The van der Waals surface area contributed by atoms with Crippen LogP contribution in [0.2, 0.25) is 0 Å². The van der Waals surface area contributed by atoms with Gasteiger partial charge in [-0.2, -0.15) is 0 Å². The first kappa shape index (κ1) is 18.2. The minimum atomic E-state index is -0.315. The van der Waals surface area contributed by atoms with Crippen LogP contribution in [0.1, 0.15) is 48.8 Å². The summed E-state index contributed by atoms with van der Waals surface area (Å²) in [6, 6.07) is 9.96. The highest BCUT2D eigenvalue weighted by atomic mass is 16.5. The number of hydrogen-bond acceptors (Lipinski definition) is 4. The second-order valence-electron chi connectivity index (χ2n) is 7.25. The van der Waals surface area contributed by atoms with Gasteiger partial charge in [-0.05, 0) is 12.5 Å². The Bertz CT molecular complexity index is 780. The molecule has 3 rings (SSSR count). The van der Waals surface area contributed by atoms with Crippen LogP contribution in [0.5, 0.6) is 0 Å². The summed E-state index contributed by atoms with van der Waals surface area (Å²) in [4.78, 5) is 26.4. The van der Waals surface area contributed by atoms with Gasteiger partial charge < -0.3 is 14.7 Å². The fourth-order valence-electron chi connectivity index (χ4n) is 3.02. The van der Waals surface area contributed by atoms with Gasteiger partial charge in [0.1, 0.15) is 11.5 Å². The molecule has 2 amide bonds. The summed E-state index contributed by atoms with van der Waals surface area (Å²) in [5, 5.41) is 6.83. The highest BCUT2D eigenvalue weighted by molar-refractivity contribution is 5.89. The molecular formula is C20H25N3O3. The Morgan fingerprint density at radius 1 is 1.35 bits per heavy atom. The normalized spacial score (nSPS) is 17.2. The van der Waals surface area contributed by atoms with E-state index in [-0.39, 0.29) is 30.1 Å². The lowest BCUT2D eigenvalue weighted by atomic mass is 10.1. The van der Waals surface area contributed by atoms with Crippen molar-refractivity contribution in [2.75, 3.05) is 6.54 Å². The summed E-state index contributed by atoms with van der Waals surface area (Å²) in [5.41, 5.74) is 2.96. The molecule has 0 radical (unpaired) electrons. The zero-order chi connectivity index (χ0) is 18.7. The maximum atomic E-state index is 12.4. The number of aromatic nitrogens is 1. The van der Waals surface area contributed by atoms with Gasteiger partial charge in [-0.25, -0.2) is 0 Å². The van der Waals surface area contributed by atoms with Gasteiger partial charge in [0.05, 0.1) is 12.5 Å². The third-order valence-corrected chi connectivity index (χ3v) is 4.67. The van der Waals surface area contributed by atoms with Crippen LogP contribution >= 0.6 is 0 Å². The van der Waals surface area contributed by atoms with Gasteiger partial charge in [0, 0.05) is 31.5 Å². The molecule has 1 aliphatic rings. The molecule has 1 aromatic heterocycles. The van der Waals surface area contributed by atoms with E-state index in [9.17, 15) is 9.59 Å². The van der Waals surface area contributed by atoms with Crippen molar-refractivity contribution in [2.24, 2.45) is 5.92 Å². The number of hydrogen-bond donors (Lipinski definition) is 1. The van der Waals surface area contributed by atoms with Crippen LogP contribution in [0.4, 0.5) is 0 Å². The fourth-order valence-corrected chi connectivity index (χ4v) is 3.02. The molecule has 0 bridgehead atoms. The number of benzene rings is 1. The van der Waals surface area contributed by atoms with E-state index in [2.05, 4.69) is 10.5 Å². The Hall–Kier alpha value is -2.63. The van der Waals surface area contributed by atoms with Crippen LogP contribution in [-0.2, 0) is 22.7 Å². The van der Waals surface area contributed by atoms with Crippen LogP contribution in [0, 0.1) is 12.8 Å². The molecule has 26 heavy (non-hydrogen) atoms. The van der Waals surface area contributed by atoms with Gasteiger partial charge in [-0.1, -0.05) is 48.8 Å². The largest absolute Gasteiger partial charge is 0.361 e. The van der Waals surface area contributed by atoms with E-state index in [1.54, 1.807) is 4.90 Å². The number of carbonyl (C=O) groups is 2. The van der Waals surface area contributed by atoms with Gasteiger partial charge >= 0.3 is 0 Å². The number of likely N-dealkylation sites (tertiary alicyclic amines) is 1. The van der Waals surface area contributed by atoms with Crippen molar-refractivity contribution >= 4 is 11.8 Å². The molecular weight excluding hydrogens is 330 g/mol. The van der Waals surface area contributed by atoms with Gasteiger partial charge in [-0.15, -0.1) is 0 Å². The third-order valence-electron chi connectivity index (χ3n) is 4.67. The number of rotatable bonds is 6. The van der Waals surface area contributed by atoms with Crippen molar-refractivity contribution in [1.29, 1.82) is 0 Å². The third kappa shape index (κ3) is 4.31. The monoisotopic (exact) mass is 355 g/mol. The number of aryl methyl sites for hydroxylation is 1. The Morgan fingerprint density at radius 3 is 2.73 bits per heavy atom. The summed E-state index contributed by atoms with van der Waals surface area (Å²) in [6.07, 6.45) is 0.258. The minimum absolute atomic E-state index is 0.0225. The number of nitrogens with one attached hydrogen (secondary N) is 1. The molecule has 0 unspecified atom stereocenters. The van der Waals surface area contributed by atoms with Crippen LogP contribution in [0.25, 0.3) is 0 Å². The topological polar surface area (TPSA) is 75.4 Å². The summed E-state index contributed by atoms with van der Waals surface area (Å²) in [5.74, 6) is 0.654. The molecule has 2 aromatic rings. The van der Waals surface area contributed by atoms with E-state index in [1.807, 2.05) is 51.1 Å². The lowest BCUT2D eigenvalue weighted by molar-refractivity contribution is -0.129. The maximum absolute atomic E-state index is 12.4. The van der Waals surface area contributed by atoms with E-state index in [0.717, 1.165) is 11.3 Å². The lowest BCUT2D eigenvalue weighted by Gasteiger charge is -2.16. The Kier molecular flexibility index (Phi) is 5.40. The van der Waals surface area contributed by atoms with E-state index in [1.165, 1.54) is 5.56 Å². The highest BCUT2D eigenvalue weighted by Gasteiger charge is 2.34. The first-order chi connectivity index (χ1) is 12.4. The quantitative estimate of drug-likeness (QED) is 0.864. The molecule has 1 aromatic carbocycles. The second-order valence-corrected chi connectivity index (χ2v) is 7.25. The Balaban J connectivity index is 1.52. The molecule has 2 heterocycles. The summed E-state index contributed by atoms with van der Waals surface area (Å²) < 4.78 is 5.23. The molecule has 138 valence electrons.